The van der Waals surface area contributed by atoms with Gasteiger partial charge in [-0.2, -0.15) is 0 Å². The van der Waals surface area contributed by atoms with Gasteiger partial charge in [0.05, 0.1) is 6.54 Å². The van der Waals surface area contributed by atoms with Crippen LogP contribution >= 0.6 is 11.3 Å². The van der Waals surface area contributed by atoms with E-state index in [2.05, 4.69) is 10.6 Å². The molecular weight excluding hydrogens is 264 g/mol. The summed E-state index contributed by atoms with van der Waals surface area (Å²) in [6.45, 7) is 0.773. The van der Waals surface area contributed by atoms with Gasteiger partial charge >= 0.3 is 5.97 Å². The maximum absolute atomic E-state index is 10.6. The molecule has 3 N–H and O–H groups in total. The van der Waals surface area contributed by atoms with Crippen LogP contribution in [-0.4, -0.2) is 30.5 Å². The van der Waals surface area contributed by atoms with Gasteiger partial charge in [0.25, 0.3) is 0 Å². The van der Waals surface area contributed by atoms with Crippen LogP contribution in [0.1, 0.15) is 5.56 Å². The Morgan fingerprint density at radius 2 is 2.26 bits per heavy atom. The molecule has 1 aromatic carbocycles. The van der Waals surface area contributed by atoms with E-state index in [-0.39, 0.29) is 6.54 Å². The lowest BCUT2D eigenvalue weighted by molar-refractivity contribution is -0.134. The monoisotopic (exact) mass is 278 g/mol. The lowest BCUT2D eigenvalue weighted by atomic mass is 10.1. The molecule has 19 heavy (non-hydrogen) atoms. The molecule has 5 nitrogen and oxygen atoms in total. The Balaban J connectivity index is 2.23. The number of fused-ring (bicyclic) bond motifs is 1. The number of hydrogen-bond donors (Lipinski definition) is 3. The quantitative estimate of drug-likeness (QED) is 0.530. The van der Waals surface area contributed by atoms with Crippen molar-refractivity contribution in [3.63, 3.8) is 0 Å². The molecule has 0 amide bonds. The average molecular weight is 278 g/mol. The van der Waals surface area contributed by atoms with Crippen molar-refractivity contribution in [1.82, 2.24) is 5.32 Å². The second kappa shape index (κ2) is 6.31. The van der Waals surface area contributed by atoms with Crippen LogP contribution in [0.4, 0.5) is 5.69 Å². The Morgan fingerprint density at radius 1 is 1.42 bits per heavy atom. The minimum atomic E-state index is -0.897. The number of carbonyl (C=O) groups excluding carboxylic acids is 1. The Labute approximate surface area is 114 Å². The number of carboxylic acids is 1. The second-order valence-electron chi connectivity index (χ2n) is 4.02. The third-order valence-corrected chi connectivity index (χ3v) is 3.62. The van der Waals surface area contributed by atoms with Crippen molar-refractivity contribution in [2.75, 3.05) is 18.4 Å². The molecule has 0 saturated carbocycles. The molecule has 1 aromatic heterocycles. The Bertz CT molecular complexity index is 595. The first-order valence-corrected chi connectivity index (χ1v) is 6.69. The minimum Gasteiger partial charge on any atom is -0.480 e. The fourth-order valence-electron chi connectivity index (χ4n) is 1.83. The zero-order valence-corrected chi connectivity index (χ0v) is 11.0. The summed E-state index contributed by atoms with van der Waals surface area (Å²) in [4.78, 5) is 20.9. The number of aldehydes is 1. The molecule has 0 aliphatic heterocycles. The van der Waals surface area contributed by atoms with Crippen molar-refractivity contribution in [3.8, 4) is 0 Å². The number of thiophene rings is 1. The van der Waals surface area contributed by atoms with Gasteiger partial charge in [-0.25, -0.2) is 0 Å². The zero-order valence-electron chi connectivity index (χ0n) is 10.2. The van der Waals surface area contributed by atoms with E-state index in [0.717, 1.165) is 27.6 Å². The van der Waals surface area contributed by atoms with E-state index in [9.17, 15) is 9.59 Å². The van der Waals surface area contributed by atoms with Crippen LogP contribution in [0.3, 0.4) is 0 Å². The summed E-state index contributed by atoms with van der Waals surface area (Å²) in [7, 11) is 0. The third-order valence-electron chi connectivity index (χ3n) is 2.61. The summed E-state index contributed by atoms with van der Waals surface area (Å²) in [5.74, 6) is -0.897. The molecule has 0 unspecified atom stereocenters. The van der Waals surface area contributed by atoms with Crippen LogP contribution in [0.2, 0.25) is 0 Å². The van der Waals surface area contributed by atoms with E-state index in [1.165, 1.54) is 0 Å². The topological polar surface area (TPSA) is 78.4 Å². The Kier molecular flexibility index (Phi) is 4.48. The maximum Gasteiger partial charge on any atom is 0.322 e. The number of carbonyl (C=O) groups is 2. The number of carboxylic acid groups (broad SMARTS) is 1. The summed E-state index contributed by atoms with van der Waals surface area (Å²) in [5.41, 5.74) is 1.83. The van der Waals surface area contributed by atoms with Gasteiger partial charge in [-0.1, -0.05) is 0 Å². The SMILES string of the molecule is O=CCNCc1cc(NCC(=O)O)cc2ccsc12. The molecule has 100 valence electrons. The highest BCUT2D eigenvalue weighted by molar-refractivity contribution is 7.17. The standard InChI is InChI=1S/C13H14N2O3S/c16-3-2-14-7-10-6-11(15-8-12(17)18)5-9-1-4-19-13(9)10/h1,3-6,14-15H,2,7-8H2,(H,17,18). The van der Waals surface area contributed by atoms with Gasteiger partial charge in [0.2, 0.25) is 0 Å². The number of rotatable bonds is 7. The van der Waals surface area contributed by atoms with Crippen LogP contribution in [0, 0.1) is 0 Å². The molecule has 0 fully saturated rings. The molecule has 0 saturated heterocycles. The molecule has 2 rings (SSSR count). The smallest absolute Gasteiger partial charge is 0.322 e. The molecule has 6 heteroatoms. The molecule has 1 heterocycles. The highest BCUT2D eigenvalue weighted by atomic mass is 32.1. The lowest BCUT2D eigenvalue weighted by Gasteiger charge is -2.09. The van der Waals surface area contributed by atoms with Gasteiger partial charge in [0, 0.05) is 16.9 Å². The van der Waals surface area contributed by atoms with Gasteiger partial charge < -0.3 is 20.5 Å². The van der Waals surface area contributed by atoms with E-state index in [0.29, 0.717) is 13.1 Å². The van der Waals surface area contributed by atoms with Gasteiger partial charge in [-0.3, -0.25) is 4.79 Å². The van der Waals surface area contributed by atoms with Crippen LogP contribution < -0.4 is 10.6 Å². The molecular formula is C13H14N2O3S. The number of hydrogen-bond acceptors (Lipinski definition) is 5. The predicted octanol–water partition coefficient (Wildman–Crippen LogP) is 1.69. The van der Waals surface area contributed by atoms with Crippen molar-refractivity contribution < 1.29 is 14.7 Å². The molecule has 0 atom stereocenters. The fourth-order valence-corrected chi connectivity index (χ4v) is 2.73. The van der Waals surface area contributed by atoms with Crippen molar-refractivity contribution in [2.45, 2.75) is 6.54 Å². The van der Waals surface area contributed by atoms with Crippen molar-refractivity contribution in [2.24, 2.45) is 0 Å². The van der Waals surface area contributed by atoms with Crippen molar-refractivity contribution in [3.05, 3.63) is 29.1 Å². The summed E-state index contributed by atoms with van der Waals surface area (Å²) >= 11 is 1.63. The second-order valence-corrected chi connectivity index (χ2v) is 4.94. The largest absolute Gasteiger partial charge is 0.480 e. The van der Waals surface area contributed by atoms with E-state index >= 15 is 0 Å². The summed E-state index contributed by atoms with van der Waals surface area (Å²) < 4.78 is 1.15. The number of anilines is 1. The first-order chi connectivity index (χ1) is 9.20. The minimum absolute atomic E-state index is 0.114. The predicted molar refractivity (Wildman–Crippen MR) is 75.7 cm³/mol. The molecule has 0 aliphatic rings. The average Bonchev–Trinajstić information content (AvgIpc) is 2.85. The highest BCUT2D eigenvalue weighted by Crippen LogP contribution is 2.28. The van der Waals surface area contributed by atoms with Crippen molar-refractivity contribution >= 4 is 39.4 Å². The van der Waals surface area contributed by atoms with Crippen LogP contribution in [0.25, 0.3) is 10.1 Å². The van der Waals surface area contributed by atoms with Crippen LogP contribution in [-0.2, 0) is 16.1 Å². The number of benzene rings is 1. The molecule has 0 radical (unpaired) electrons. The van der Waals surface area contributed by atoms with E-state index in [1.54, 1.807) is 11.3 Å². The molecule has 0 bridgehead atoms. The number of aliphatic carboxylic acids is 1. The van der Waals surface area contributed by atoms with Gasteiger partial charge in [-0.15, -0.1) is 11.3 Å². The van der Waals surface area contributed by atoms with Gasteiger partial charge in [0.15, 0.2) is 0 Å². The molecule has 0 aliphatic carbocycles. The first kappa shape index (κ1) is 13.5. The van der Waals surface area contributed by atoms with E-state index in [1.807, 2.05) is 23.6 Å². The number of nitrogens with one attached hydrogen (secondary N) is 2. The highest BCUT2D eigenvalue weighted by Gasteiger charge is 2.06. The Morgan fingerprint density at radius 3 is 3.00 bits per heavy atom. The third kappa shape index (κ3) is 3.52. The summed E-state index contributed by atoms with van der Waals surface area (Å²) in [6.07, 6.45) is 0.818. The first-order valence-electron chi connectivity index (χ1n) is 5.81. The summed E-state index contributed by atoms with van der Waals surface area (Å²) in [6, 6.07) is 5.84. The van der Waals surface area contributed by atoms with E-state index in [4.69, 9.17) is 5.11 Å². The molecule has 2 aromatic rings. The summed E-state index contributed by atoms with van der Waals surface area (Å²) in [5, 5.41) is 17.6. The lowest BCUT2D eigenvalue weighted by Crippen LogP contribution is -2.16. The normalized spacial score (nSPS) is 10.5. The fraction of sp³-hybridized carbons (Fsp3) is 0.231. The van der Waals surface area contributed by atoms with Crippen LogP contribution in [0.5, 0.6) is 0 Å². The zero-order chi connectivity index (χ0) is 13.7. The van der Waals surface area contributed by atoms with Gasteiger partial charge in [0.1, 0.15) is 12.8 Å². The van der Waals surface area contributed by atoms with Crippen molar-refractivity contribution in [1.29, 1.82) is 0 Å². The maximum atomic E-state index is 10.6. The van der Waals surface area contributed by atoms with Crippen LogP contribution in [0.15, 0.2) is 23.6 Å². The Hall–Kier alpha value is -1.92. The van der Waals surface area contributed by atoms with Gasteiger partial charge in [-0.05, 0) is 34.5 Å². The molecule has 0 spiro atoms. The van der Waals surface area contributed by atoms with E-state index < -0.39 is 5.97 Å².